The van der Waals surface area contributed by atoms with Gasteiger partial charge in [-0.2, -0.15) is 128 Å². The molecule has 0 aliphatic carbocycles. The summed E-state index contributed by atoms with van der Waals surface area (Å²) in [6.45, 7) is 7.26. The number of fused-ring (bicyclic) bond motifs is 10. The van der Waals surface area contributed by atoms with Crippen LogP contribution in [0.2, 0.25) is 15.1 Å². The summed E-state index contributed by atoms with van der Waals surface area (Å²) in [7, 11) is -11.7. The molecule has 20 rings (SSSR count). The van der Waals surface area contributed by atoms with E-state index in [1.165, 1.54) is 110 Å². The summed E-state index contributed by atoms with van der Waals surface area (Å²) in [5.41, 5.74) is -4.26. The molecule has 0 unspecified atom stereocenters. The summed E-state index contributed by atoms with van der Waals surface area (Å²) in [5, 5.41) is 22.4. The summed E-state index contributed by atoms with van der Waals surface area (Å²) < 4.78 is 374. The van der Waals surface area contributed by atoms with Crippen LogP contribution in [0, 0.1) is 0 Å². The number of hydrogen-bond donors (Lipinski definition) is 0. The fourth-order valence-corrected chi connectivity index (χ4v) is 21.6. The number of halogens is 21. The zero-order valence-corrected chi connectivity index (χ0v) is 82.6. The van der Waals surface area contributed by atoms with Gasteiger partial charge < -0.3 is 0 Å². The van der Waals surface area contributed by atoms with E-state index in [4.69, 9.17) is 34.8 Å². The van der Waals surface area contributed by atoms with E-state index >= 15 is 0 Å². The molecular weight excluding hydrogens is 2150 g/mol. The Kier molecular flexibility index (Phi) is 27.1. The molecule has 20 aromatic rings. The molecule has 0 N–H and O–H groups in total. The highest BCUT2D eigenvalue weighted by atomic mass is 35.5. The number of aromatic nitrogens is 25. The van der Waals surface area contributed by atoms with Crippen LogP contribution in [-0.2, 0) is 121 Å². The third kappa shape index (κ3) is 19.7. The molecule has 0 fully saturated rings. The molecule has 147 heavy (non-hydrogen) atoms. The number of rotatable bonds is 15. The first kappa shape index (κ1) is 106. The number of pyridine rings is 5. The molecule has 61 heteroatoms. The topological polar surface area (TPSA) is 413 Å². The van der Waals surface area contributed by atoms with Crippen LogP contribution >= 0.6 is 34.8 Å². The van der Waals surface area contributed by atoms with Crippen molar-refractivity contribution in [1.29, 1.82) is 0 Å². The van der Waals surface area contributed by atoms with Gasteiger partial charge in [0.25, 0.3) is 0 Å². The summed E-state index contributed by atoms with van der Waals surface area (Å²) in [6.07, 6.45) is -24.3. The van der Waals surface area contributed by atoms with Crippen LogP contribution in [0.3, 0.4) is 0 Å². The highest BCUT2D eigenvalue weighted by Crippen LogP contribution is 2.43. The molecule has 0 amide bonds. The van der Waals surface area contributed by atoms with Crippen molar-refractivity contribution in [2.24, 2.45) is 35.2 Å². The van der Waals surface area contributed by atoms with E-state index in [2.05, 4.69) is 75.3 Å². The maximum atomic E-state index is 13.2. The first-order chi connectivity index (χ1) is 68.5. The molecule has 0 aliphatic rings. The van der Waals surface area contributed by atoms with Crippen LogP contribution in [0.1, 0.15) is 68.0 Å². The van der Waals surface area contributed by atoms with Gasteiger partial charge in [0, 0.05) is 103 Å². The second-order valence-electron chi connectivity index (χ2n) is 32.0. The van der Waals surface area contributed by atoms with E-state index in [9.17, 15) is 121 Å². The maximum absolute atomic E-state index is 13.2. The largest absolute Gasteiger partial charge is 0.417 e. The smallest absolute Gasteiger partial charge is 0.296 e. The molecule has 35 nitrogen and oxygen atoms in total. The number of sulfone groups is 5. The molecule has 15 aromatic heterocycles. The number of hydrogen-bond acceptors (Lipinski definition) is 25. The number of imidazole rings is 5. The van der Waals surface area contributed by atoms with Gasteiger partial charge in [0.2, 0.25) is 29.7 Å². The molecule has 0 radical (unpaired) electrons. The van der Waals surface area contributed by atoms with E-state index in [1.807, 2.05) is 0 Å². The van der Waals surface area contributed by atoms with Crippen LogP contribution in [0.15, 0.2) is 184 Å². The Morgan fingerprint density at radius 1 is 0.252 bits per heavy atom. The third-order valence-electron chi connectivity index (χ3n) is 22.7. The molecular formula is C86H66Cl3F18N25O10S5. The Labute approximate surface area is 829 Å². The van der Waals surface area contributed by atoms with Crippen molar-refractivity contribution in [3.05, 3.63) is 207 Å². The quantitative estimate of drug-likeness (QED) is 0.0860. The molecule has 0 spiro atoms. The summed E-state index contributed by atoms with van der Waals surface area (Å²) >= 11 is 18.2. The fourth-order valence-electron chi connectivity index (χ4n) is 15.3. The van der Waals surface area contributed by atoms with Crippen molar-refractivity contribution in [2.45, 2.75) is 96.8 Å². The van der Waals surface area contributed by atoms with Crippen molar-refractivity contribution in [3.63, 3.8) is 0 Å². The van der Waals surface area contributed by atoms with E-state index in [1.54, 1.807) is 61.6 Å². The molecule has 0 aliphatic heterocycles. The average Bonchev–Trinajstić information content (AvgIpc) is 1.60. The SMILES string of the molecule is CCS(=O)(=O)c1c2cc(C(F)(F)F)ccc2nn1-c1nc2cc(C(F)(F)F)cnc2n1C.CCS(=O)(=O)c1c2cc(Cl)ccc2nn1-c1nc2cc(C(F)(F)F)cnc2n1C.CCS(=O)(=O)c1c2ccc(Cl)cc2nn1-c1nc2cc(C(F)(F)F)cnc2n1C.CCS(=O)(=O)c1c2cccc(Cl)c2nn1-c1nc2cc(C(F)(F)F)cnc2n1C.CCS(=O)(=O)c1c2ccccc2nn1-c1nc2cc(C(F)(F)F)cnc2n1C. The van der Waals surface area contributed by atoms with Crippen molar-refractivity contribution >= 4 is 194 Å². The lowest BCUT2D eigenvalue weighted by Gasteiger charge is -2.08. The molecule has 772 valence electrons. The van der Waals surface area contributed by atoms with Gasteiger partial charge in [0.05, 0.1) is 89.2 Å². The van der Waals surface area contributed by atoms with Crippen molar-refractivity contribution < 1.29 is 121 Å². The monoisotopic (exact) mass is 2220 g/mol. The van der Waals surface area contributed by atoms with Crippen LogP contribution in [-0.4, -0.2) is 192 Å². The normalized spacial score (nSPS) is 13.0. The van der Waals surface area contributed by atoms with Crippen LogP contribution in [0.4, 0.5) is 79.0 Å². The number of alkyl halides is 18. The third-order valence-corrected chi connectivity index (χ3v) is 32.1. The highest BCUT2D eigenvalue weighted by Gasteiger charge is 2.41. The highest BCUT2D eigenvalue weighted by molar-refractivity contribution is 7.92. The van der Waals surface area contributed by atoms with Crippen LogP contribution < -0.4 is 0 Å². The minimum Gasteiger partial charge on any atom is -0.296 e. The lowest BCUT2D eigenvalue weighted by molar-refractivity contribution is -0.138. The lowest BCUT2D eigenvalue weighted by atomic mass is 10.1. The average molecular weight is 2220 g/mol. The van der Waals surface area contributed by atoms with Crippen molar-refractivity contribution in [1.82, 2.24) is 122 Å². The maximum Gasteiger partial charge on any atom is 0.417 e. The molecule has 15 heterocycles. The second-order valence-corrected chi connectivity index (χ2v) is 44.2. The van der Waals surface area contributed by atoms with Gasteiger partial charge >= 0.3 is 37.1 Å². The van der Waals surface area contributed by atoms with Crippen LogP contribution in [0.25, 0.3) is 140 Å². The second kappa shape index (κ2) is 37.7. The Hall–Kier alpha value is -14.1. The van der Waals surface area contributed by atoms with Gasteiger partial charge in [-0.1, -0.05) is 87.6 Å². The molecule has 0 atom stereocenters. The van der Waals surface area contributed by atoms with Crippen LogP contribution in [0.5, 0.6) is 0 Å². The van der Waals surface area contributed by atoms with Gasteiger partial charge in [-0.3, -0.25) is 22.8 Å². The van der Waals surface area contributed by atoms with Gasteiger partial charge in [-0.05, 0) is 109 Å². The summed E-state index contributed by atoms with van der Waals surface area (Å²) in [6, 6.07) is 27.2. The Morgan fingerprint density at radius 2 is 0.503 bits per heavy atom. The molecule has 0 bridgehead atoms. The minimum atomic E-state index is -4.72. The Balaban J connectivity index is 0.000000131. The van der Waals surface area contributed by atoms with Gasteiger partial charge in [0.15, 0.2) is 103 Å². The van der Waals surface area contributed by atoms with Gasteiger partial charge in [-0.15, -0.1) is 0 Å². The predicted octanol–water partition coefficient (Wildman–Crippen LogP) is 18.6. The van der Waals surface area contributed by atoms with Crippen molar-refractivity contribution in [3.8, 4) is 29.7 Å². The minimum absolute atomic E-state index is 0.00313. The standard InChI is InChI=1S/C18H13F6N5O2S.3C17H13ClF3N5O2S.C17H14F3N5O2S/c1-3-32(30,31)15-11-6-9(17(19,20)21)4-5-12(11)27-29(15)16-26-13-7-10(18(22,23)24)8-25-14(13)28(16)2;1-3-29(27,28)15-11-7-10(18)4-5-12(11)24-26(15)16-23-13-6-9(17(19,20)21)8-22-14(13)25(16)2;1-3-29(27,28)15-11-5-4-10(18)7-12(11)24-26(15)16-23-13-6-9(17(19,20)21)8-22-14(13)25(16)2;1-3-29(27,28)15-10-5-4-6-11(18)13(10)24-26(15)16-23-12-7-9(17(19,20)21)8-22-14(12)25(16)2;1-3-28(26,27)15-11-6-4-5-7-12(11)23-25(15)16-22-13-8-10(17(18,19)20)9-21-14(13)24(16)2/h4-8H,3H2,1-2H3;3*4-8H,3H2,1-2H3;4-9H,3H2,1-2H3. The van der Waals surface area contributed by atoms with E-state index in [0.717, 1.165) is 72.1 Å². The van der Waals surface area contributed by atoms with Gasteiger partial charge in [0.1, 0.15) is 33.1 Å². The van der Waals surface area contributed by atoms with E-state index in [0.29, 0.717) is 79.0 Å². The summed E-state index contributed by atoms with van der Waals surface area (Å²) in [5.74, 6) is -1.34. The summed E-state index contributed by atoms with van der Waals surface area (Å²) in [4.78, 5) is 39.9. The molecule has 0 saturated carbocycles. The van der Waals surface area contributed by atoms with E-state index < -0.39 is 130 Å². The zero-order chi connectivity index (χ0) is 107. The Morgan fingerprint density at radius 3 is 0.823 bits per heavy atom. The first-order valence-corrected chi connectivity index (χ1v) is 51.6. The van der Waals surface area contributed by atoms with E-state index in [-0.39, 0.29) is 150 Å². The molecule has 0 saturated heterocycles. The van der Waals surface area contributed by atoms with Crippen molar-refractivity contribution in [2.75, 3.05) is 28.8 Å². The molecule has 5 aromatic carbocycles. The first-order valence-electron chi connectivity index (χ1n) is 42.2. The number of benzene rings is 5. The zero-order valence-electron chi connectivity index (χ0n) is 76.3. The number of nitrogens with zero attached hydrogens (tertiary/aromatic N) is 25. The lowest BCUT2D eigenvalue weighted by Crippen LogP contribution is -2.14. The number of aryl methyl sites for hydroxylation is 5. The predicted molar refractivity (Wildman–Crippen MR) is 499 cm³/mol. The Bertz CT molecular complexity index is 9260. The van der Waals surface area contributed by atoms with Gasteiger partial charge in [-0.25, -0.2) is 91.9 Å². The fraction of sp³-hybridized carbons (Fsp3) is 0.244.